The number of amides is 1. The maximum Gasteiger partial charge on any atom is 0.223 e. The molecule has 0 spiro atoms. The van der Waals surface area contributed by atoms with Gasteiger partial charge in [0.15, 0.2) is 0 Å². The summed E-state index contributed by atoms with van der Waals surface area (Å²) in [4.78, 5) is 14.6. The Labute approximate surface area is 164 Å². The molecular weight excluding hydrogens is 366 g/mol. The molecule has 27 heavy (non-hydrogen) atoms. The predicted octanol–water partition coefficient (Wildman–Crippen LogP) is 3.89. The number of morpholine rings is 1. The first-order chi connectivity index (χ1) is 13.1. The Morgan fingerprint density at radius 2 is 1.96 bits per heavy atom. The maximum absolute atomic E-state index is 12.7. The van der Waals surface area contributed by atoms with Gasteiger partial charge in [-0.3, -0.25) is 4.79 Å². The Morgan fingerprint density at radius 3 is 2.67 bits per heavy atom. The number of nitrogens with zero attached hydrogens (tertiary/aromatic N) is 1. The molecule has 0 saturated carbocycles. The lowest BCUT2D eigenvalue weighted by Gasteiger charge is -2.33. The zero-order valence-electron chi connectivity index (χ0n) is 15.6. The fourth-order valence-electron chi connectivity index (χ4n) is 3.23. The van der Waals surface area contributed by atoms with E-state index >= 15 is 0 Å². The molecule has 2 aromatic rings. The van der Waals surface area contributed by atoms with Crippen LogP contribution < -0.4 is 9.47 Å². The van der Waals surface area contributed by atoms with Crippen molar-refractivity contribution in [2.45, 2.75) is 18.9 Å². The predicted molar refractivity (Wildman–Crippen MR) is 105 cm³/mol. The molecule has 3 rings (SSSR count). The maximum atomic E-state index is 12.7. The van der Waals surface area contributed by atoms with E-state index in [9.17, 15) is 4.79 Å². The third kappa shape index (κ3) is 4.93. The molecule has 1 heterocycles. The minimum Gasteiger partial charge on any atom is -0.497 e. The topological polar surface area (TPSA) is 48.0 Å². The second kappa shape index (κ2) is 9.11. The molecule has 2 aromatic carbocycles. The van der Waals surface area contributed by atoms with E-state index in [1.54, 1.807) is 14.2 Å². The monoisotopic (exact) mass is 389 g/mol. The fourth-order valence-corrected chi connectivity index (χ4v) is 3.36. The molecule has 1 aliphatic rings. The Balaban J connectivity index is 1.61. The number of hydrogen-bond donors (Lipinski definition) is 0. The highest BCUT2D eigenvalue weighted by Gasteiger charge is 2.25. The van der Waals surface area contributed by atoms with Crippen LogP contribution in [0.3, 0.4) is 0 Å². The van der Waals surface area contributed by atoms with Crippen LogP contribution >= 0.6 is 11.6 Å². The zero-order valence-corrected chi connectivity index (χ0v) is 16.4. The van der Waals surface area contributed by atoms with Crippen molar-refractivity contribution in [1.29, 1.82) is 0 Å². The minimum atomic E-state index is -0.119. The molecular formula is C21H24ClNO4. The lowest BCUT2D eigenvalue weighted by Crippen LogP contribution is -2.42. The largest absolute Gasteiger partial charge is 0.497 e. The first-order valence-corrected chi connectivity index (χ1v) is 9.34. The molecule has 1 unspecified atom stereocenters. The second-order valence-corrected chi connectivity index (χ2v) is 6.86. The van der Waals surface area contributed by atoms with Crippen molar-refractivity contribution in [2.24, 2.45) is 0 Å². The molecule has 0 N–H and O–H groups in total. The van der Waals surface area contributed by atoms with Gasteiger partial charge in [0.2, 0.25) is 5.91 Å². The van der Waals surface area contributed by atoms with Gasteiger partial charge in [-0.2, -0.15) is 0 Å². The van der Waals surface area contributed by atoms with E-state index in [1.807, 2.05) is 47.4 Å². The first kappa shape index (κ1) is 19.5. The standard InChI is InChI=1S/C21H24ClNO4/c1-25-18-8-9-19(26-2)16(13-18)5-10-21(24)23-11-12-27-20(14-23)15-3-6-17(22)7-4-15/h3-4,6-9,13,20H,5,10-12,14H2,1-2H3. The average molecular weight is 390 g/mol. The second-order valence-electron chi connectivity index (χ2n) is 6.43. The van der Waals surface area contributed by atoms with Gasteiger partial charge >= 0.3 is 0 Å². The smallest absolute Gasteiger partial charge is 0.223 e. The van der Waals surface area contributed by atoms with E-state index in [1.165, 1.54) is 0 Å². The van der Waals surface area contributed by atoms with Crippen LogP contribution in [0.25, 0.3) is 0 Å². The fraction of sp³-hybridized carbons (Fsp3) is 0.381. The molecule has 1 aliphatic heterocycles. The van der Waals surface area contributed by atoms with E-state index in [-0.39, 0.29) is 12.0 Å². The summed E-state index contributed by atoms with van der Waals surface area (Å²) in [6.07, 6.45) is 0.894. The van der Waals surface area contributed by atoms with Gasteiger partial charge in [0.05, 0.1) is 27.4 Å². The molecule has 0 radical (unpaired) electrons. The molecule has 5 nitrogen and oxygen atoms in total. The molecule has 0 bridgehead atoms. The summed E-state index contributed by atoms with van der Waals surface area (Å²) in [6, 6.07) is 13.2. The van der Waals surface area contributed by atoms with Gasteiger partial charge in [-0.15, -0.1) is 0 Å². The van der Waals surface area contributed by atoms with Crippen molar-refractivity contribution < 1.29 is 19.0 Å². The molecule has 6 heteroatoms. The van der Waals surface area contributed by atoms with Crippen LogP contribution in [0.5, 0.6) is 11.5 Å². The Kier molecular flexibility index (Phi) is 6.58. The number of carbonyl (C=O) groups is 1. The van der Waals surface area contributed by atoms with Crippen molar-refractivity contribution >= 4 is 17.5 Å². The van der Waals surface area contributed by atoms with Crippen LogP contribution in [0.1, 0.15) is 23.7 Å². The number of carbonyl (C=O) groups excluding carboxylic acids is 1. The minimum absolute atomic E-state index is 0.113. The molecule has 1 saturated heterocycles. The van der Waals surface area contributed by atoms with Gasteiger partial charge in [0, 0.05) is 18.0 Å². The number of aryl methyl sites for hydroxylation is 1. The Hall–Kier alpha value is -2.24. The van der Waals surface area contributed by atoms with E-state index in [0.717, 1.165) is 22.6 Å². The zero-order chi connectivity index (χ0) is 19.2. The van der Waals surface area contributed by atoms with Gasteiger partial charge < -0.3 is 19.1 Å². The van der Waals surface area contributed by atoms with Crippen LogP contribution in [-0.4, -0.2) is 44.7 Å². The normalized spacial score (nSPS) is 16.9. The van der Waals surface area contributed by atoms with Crippen LogP contribution in [-0.2, 0) is 16.0 Å². The summed E-state index contributed by atoms with van der Waals surface area (Å²) in [7, 11) is 3.26. The highest BCUT2D eigenvalue weighted by Crippen LogP contribution is 2.27. The van der Waals surface area contributed by atoms with Crippen LogP contribution in [0, 0.1) is 0 Å². The number of methoxy groups -OCH3 is 2. The van der Waals surface area contributed by atoms with E-state index in [2.05, 4.69) is 0 Å². The van der Waals surface area contributed by atoms with Crippen molar-refractivity contribution in [3.63, 3.8) is 0 Å². The summed E-state index contributed by atoms with van der Waals surface area (Å²) in [5.74, 6) is 1.64. The lowest BCUT2D eigenvalue weighted by atomic mass is 10.1. The molecule has 1 fully saturated rings. The van der Waals surface area contributed by atoms with Crippen molar-refractivity contribution in [2.75, 3.05) is 33.9 Å². The summed E-state index contributed by atoms with van der Waals surface area (Å²) in [5.41, 5.74) is 2.00. The average Bonchev–Trinajstić information content (AvgIpc) is 2.72. The summed E-state index contributed by atoms with van der Waals surface area (Å²) in [5, 5.41) is 0.690. The highest BCUT2D eigenvalue weighted by molar-refractivity contribution is 6.30. The molecule has 144 valence electrons. The Morgan fingerprint density at radius 1 is 1.19 bits per heavy atom. The third-order valence-electron chi connectivity index (χ3n) is 4.76. The highest BCUT2D eigenvalue weighted by atomic mass is 35.5. The van der Waals surface area contributed by atoms with Gasteiger partial charge in [-0.1, -0.05) is 23.7 Å². The summed E-state index contributed by atoms with van der Waals surface area (Å²) < 4.78 is 16.5. The van der Waals surface area contributed by atoms with Gasteiger partial charge in [0.1, 0.15) is 17.6 Å². The van der Waals surface area contributed by atoms with Crippen molar-refractivity contribution in [3.05, 3.63) is 58.6 Å². The van der Waals surface area contributed by atoms with Gasteiger partial charge in [0.25, 0.3) is 0 Å². The van der Waals surface area contributed by atoms with E-state index in [4.69, 9.17) is 25.8 Å². The number of benzene rings is 2. The number of ether oxygens (including phenoxy) is 3. The van der Waals surface area contributed by atoms with Crippen LogP contribution in [0.15, 0.2) is 42.5 Å². The van der Waals surface area contributed by atoms with Gasteiger partial charge in [-0.05, 0) is 47.9 Å². The number of rotatable bonds is 6. The molecule has 0 aliphatic carbocycles. The Bertz CT molecular complexity index is 778. The third-order valence-corrected chi connectivity index (χ3v) is 5.01. The van der Waals surface area contributed by atoms with E-state index in [0.29, 0.717) is 37.6 Å². The van der Waals surface area contributed by atoms with Crippen LogP contribution in [0.2, 0.25) is 5.02 Å². The number of halogens is 1. The van der Waals surface area contributed by atoms with Crippen molar-refractivity contribution in [1.82, 2.24) is 4.90 Å². The molecule has 1 amide bonds. The summed E-state index contributed by atoms with van der Waals surface area (Å²) >= 11 is 5.95. The molecule has 0 aromatic heterocycles. The lowest BCUT2D eigenvalue weighted by molar-refractivity contribution is -0.139. The quantitative estimate of drug-likeness (QED) is 0.752. The SMILES string of the molecule is COc1ccc(OC)c(CCC(=O)N2CCOC(c3ccc(Cl)cc3)C2)c1. The van der Waals surface area contributed by atoms with E-state index < -0.39 is 0 Å². The van der Waals surface area contributed by atoms with Crippen molar-refractivity contribution in [3.8, 4) is 11.5 Å². The first-order valence-electron chi connectivity index (χ1n) is 8.96. The van der Waals surface area contributed by atoms with Gasteiger partial charge in [-0.25, -0.2) is 0 Å². The summed E-state index contributed by atoms with van der Waals surface area (Å²) in [6.45, 7) is 1.69. The van der Waals surface area contributed by atoms with Crippen LogP contribution in [0.4, 0.5) is 0 Å². The number of hydrogen-bond acceptors (Lipinski definition) is 4. The molecule has 1 atom stereocenters.